The van der Waals surface area contributed by atoms with Crippen LogP contribution in [0.1, 0.15) is 23.1 Å². The summed E-state index contributed by atoms with van der Waals surface area (Å²) < 4.78 is 5.35. The molecule has 2 aromatic heterocycles. The van der Waals surface area contributed by atoms with E-state index in [0.29, 0.717) is 16.8 Å². The Bertz CT molecular complexity index is 818. The predicted octanol–water partition coefficient (Wildman–Crippen LogP) is 2.37. The Morgan fingerprint density at radius 1 is 1.43 bits per heavy atom. The second kappa shape index (κ2) is 5.56. The highest BCUT2D eigenvalue weighted by atomic mass is 35.5. The summed E-state index contributed by atoms with van der Waals surface area (Å²) in [5, 5.41) is 28.0. The van der Waals surface area contributed by atoms with Gasteiger partial charge in [0.15, 0.2) is 0 Å². The molecule has 0 aliphatic carbocycles. The smallest absolute Gasteiger partial charge is 0.204 e. The Kier molecular flexibility index (Phi) is 3.60. The van der Waals surface area contributed by atoms with Gasteiger partial charge in [0.2, 0.25) is 5.76 Å². The topological polar surface area (TPSA) is 87.9 Å². The molecule has 0 saturated heterocycles. The number of fused-ring (bicyclic) bond motifs is 1. The molecule has 6 nitrogen and oxygen atoms in total. The van der Waals surface area contributed by atoms with E-state index in [9.17, 15) is 5.11 Å². The first-order valence-electron chi connectivity index (χ1n) is 6.26. The predicted molar refractivity (Wildman–Crippen MR) is 75.5 cm³/mol. The van der Waals surface area contributed by atoms with Gasteiger partial charge in [-0.2, -0.15) is 20.3 Å². The average Bonchev–Trinajstić information content (AvgIpc) is 3.11. The Hall–Kier alpha value is -2.36. The summed E-state index contributed by atoms with van der Waals surface area (Å²) in [4.78, 5) is 1.40. The van der Waals surface area contributed by atoms with Crippen molar-refractivity contribution in [2.75, 3.05) is 0 Å². The van der Waals surface area contributed by atoms with E-state index in [4.69, 9.17) is 21.3 Å². The van der Waals surface area contributed by atoms with Gasteiger partial charge in [0, 0.05) is 11.5 Å². The van der Waals surface area contributed by atoms with Crippen LogP contribution in [0.15, 0.2) is 34.9 Å². The lowest BCUT2D eigenvalue weighted by molar-refractivity contribution is 0.145. The minimum Gasteiger partial charge on any atom is -0.446 e. The third-order valence-corrected chi connectivity index (χ3v) is 3.37. The number of rotatable bonds is 4. The zero-order valence-electron chi connectivity index (χ0n) is 10.9. The molecule has 21 heavy (non-hydrogen) atoms. The fourth-order valence-electron chi connectivity index (χ4n) is 2.05. The molecule has 106 valence electrons. The number of nitriles is 1. The Balaban J connectivity index is 1.83. The highest BCUT2D eigenvalue weighted by molar-refractivity contribution is 6.16. The molecule has 0 bridgehead atoms. The number of aliphatic hydroxyl groups is 1. The standard InChI is InChI=1S/C14H11ClN4O2/c15-5-11-7-17-19(18-11)8-13(20)9-1-2-10-3-12(6-16)21-14(10)4-9/h1-4,7,13,20H,5,8H2/t13-/m0/s1. The lowest BCUT2D eigenvalue weighted by Crippen LogP contribution is -2.11. The zero-order valence-corrected chi connectivity index (χ0v) is 11.7. The van der Waals surface area contributed by atoms with Crippen LogP contribution in [-0.4, -0.2) is 20.1 Å². The summed E-state index contributed by atoms with van der Waals surface area (Å²) >= 11 is 5.66. The second-order valence-electron chi connectivity index (χ2n) is 4.56. The number of hydrogen-bond donors (Lipinski definition) is 1. The van der Waals surface area contributed by atoms with Gasteiger partial charge in [-0.3, -0.25) is 0 Å². The maximum Gasteiger partial charge on any atom is 0.204 e. The SMILES string of the molecule is N#Cc1cc2ccc([C@@H](O)Cn3ncc(CCl)n3)cc2o1. The van der Waals surface area contributed by atoms with Crippen LogP contribution in [0.5, 0.6) is 0 Å². The van der Waals surface area contributed by atoms with Crippen LogP contribution >= 0.6 is 11.6 Å². The van der Waals surface area contributed by atoms with E-state index in [2.05, 4.69) is 10.2 Å². The minimum absolute atomic E-state index is 0.216. The number of hydrogen-bond acceptors (Lipinski definition) is 5. The van der Waals surface area contributed by atoms with Crippen molar-refractivity contribution in [1.29, 1.82) is 5.26 Å². The van der Waals surface area contributed by atoms with E-state index < -0.39 is 6.10 Å². The van der Waals surface area contributed by atoms with Gasteiger partial charge < -0.3 is 9.52 Å². The molecule has 0 aliphatic heterocycles. The monoisotopic (exact) mass is 302 g/mol. The molecule has 0 unspecified atom stereocenters. The molecule has 0 radical (unpaired) electrons. The van der Waals surface area contributed by atoms with Crippen molar-refractivity contribution >= 4 is 22.6 Å². The van der Waals surface area contributed by atoms with Crippen molar-refractivity contribution < 1.29 is 9.52 Å². The van der Waals surface area contributed by atoms with Gasteiger partial charge in [0.05, 0.1) is 24.3 Å². The number of nitrogens with zero attached hydrogens (tertiary/aromatic N) is 4. The average molecular weight is 303 g/mol. The number of furan rings is 1. The van der Waals surface area contributed by atoms with Crippen LogP contribution in [0, 0.1) is 11.3 Å². The Morgan fingerprint density at radius 2 is 2.29 bits per heavy atom. The number of aliphatic hydroxyl groups excluding tert-OH is 1. The quantitative estimate of drug-likeness (QED) is 0.747. The molecule has 0 saturated carbocycles. The fourth-order valence-corrected chi connectivity index (χ4v) is 2.18. The van der Waals surface area contributed by atoms with Gasteiger partial charge in [-0.15, -0.1) is 11.6 Å². The van der Waals surface area contributed by atoms with E-state index in [1.54, 1.807) is 30.5 Å². The molecule has 0 spiro atoms. The molecule has 1 atom stereocenters. The largest absolute Gasteiger partial charge is 0.446 e. The first-order chi connectivity index (χ1) is 10.2. The summed E-state index contributed by atoms with van der Waals surface area (Å²) in [6.07, 6.45) is 0.787. The zero-order chi connectivity index (χ0) is 14.8. The molecule has 3 rings (SSSR count). The Morgan fingerprint density at radius 3 is 3.00 bits per heavy atom. The van der Waals surface area contributed by atoms with Crippen LogP contribution in [0.25, 0.3) is 11.0 Å². The summed E-state index contributed by atoms with van der Waals surface area (Å²) in [6, 6.07) is 8.92. The van der Waals surface area contributed by atoms with Crippen molar-refractivity contribution in [3.63, 3.8) is 0 Å². The highest BCUT2D eigenvalue weighted by Gasteiger charge is 2.12. The second-order valence-corrected chi connectivity index (χ2v) is 4.83. The summed E-state index contributed by atoms with van der Waals surface area (Å²) in [5.74, 6) is 0.530. The van der Waals surface area contributed by atoms with Gasteiger partial charge >= 0.3 is 0 Å². The van der Waals surface area contributed by atoms with Crippen molar-refractivity contribution in [3.8, 4) is 6.07 Å². The third kappa shape index (κ3) is 2.75. The van der Waals surface area contributed by atoms with Crippen LogP contribution < -0.4 is 0 Å². The van der Waals surface area contributed by atoms with Gasteiger partial charge in [-0.05, 0) is 11.6 Å². The lowest BCUT2D eigenvalue weighted by Gasteiger charge is -2.09. The number of benzene rings is 1. The van der Waals surface area contributed by atoms with E-state index >= 15 is 0 Å². The van der Waals surface area contributed by atoms with Crippen molar-refractivity contribution in [2.24, 2.45) is 0 Å². The maximum atomic E-state index is 10.2. The first kappa shape index (κ1) is 13.6. The number of aromatic nitrogens is 3. The molecule has 0 fully saturated rings. The molecule has 0 aliphatic rings. The van der Waals surface area contributed by atoms with E-state index in [-0.39, 0.29) is 18.2 Å². The van der Waals surface area contributed by atoms with Crippen LogP contribution in [-0.2, 0) is 12.4 Å². The molecular weight excluding hydrogens is 292 g/mol. The molecule has 7 heteroatoms. The maximum absolute atomic E-state index is 10.2. The first-order valence-corrected chi connectivity index (χ1v) is 6.79. The molecular formula is C14H11ClN4O2. The number of halogens is 1. The van der Waals surface area contributed by atoms with E-state index in [0.717, 1.165) is 5.39 Å². The van der Waals surface area contributed by atoms with Crippen molar-refractivity contribution in [2.45, 2.75) is 18.5 Å². The van der Waals surface area contributed by atoms with Gasteiger partial charge in [-0.25, -0.2) is 0 Å². The van der Waals surface area contributed by atoms with Crippen LogP contribution in [0.3, 0.4) is 0 Å². The lowest BCUT2D eigenvalue weighted by atomic mass is 10.1. The van der Waals surface area contributed by atoms with Crippen molar-refractivity contribution in [1.82, 2.24) is 15.0 Å². The number of alkyl halides is 1. The molecule has 2 heterocycles. The van der Waals surface area contributed by atoms with Crippen molar-refractivity contribution in [3.05, 3.63) is 47.5 Å². The molecule has 1 N–H and O–H groups in total. The van der Waals surface area contributed by atoms with E-state index in [1.807, 2.05) is 6.07 Å². The van der Waals surface area contributed by atoms with Crippen LogP contribution in [0.4, 0.5) is 0 Å². The molecule has 0 amide bonds. The fraction of sp³-hybridized carbons (Fsp3) is 0.214. The summed E-state index contributed by atoms with van der Waals surface area (Å²) in [6.45, 7) is 0.216. The van der Waals surface area contributed by atoms with Gasteiger partial charge in [0.1, 0.15) is 17.8 Å². The van der Waals surface area contributed by atoms with Gasteiger partial charge in [0.25, 0.3) is 0 Å². The normalized spacial score (nSPS) is 12.4. The molecule has 3 aromatic rings. The summed E-state index contributed by atoms with van der Waals surface area (Å²) in [5.41, 5.74) is 1.90. The highest BCUT2D eigenvalue weighted by Crippen LogP contribution is 2.24. The third-order valence-electron chi connectivity index (χ3n) is 3.10. The van der Waals surface area contributed by atoms with Gasteiger partial charge in [-0.1, -0.05) is 12.1 Å². The summed E-state index contributed by atoms with van der Waals surface area (Å²) in [7, 11) is 0. The Labute approximate surface area is 125 Å². The van der Waals surface area contributed by atoms with E-state index in [1.165, 1.54) is 4.80 Å². The minimum atomic E-state index is -0.777. The molecule has 1 aromatic carbocycles. The van der Waals surface area contributed by atoms with Crippen LogP contribution in [0.2, 0.25) is 0 Å².